The van der Waals surface area contributed by atoms with Crippen LogP contribution in [0, 0.1) is 12.8 Å². The number of carbonyl (C=O) groups is 1. The molecule has 1 aliphatic heterocycles. The predicted octanol–water partition coefficient (Wildman–Crippen LogP) is 4.21. The number of piperidine rings is 1. The van der Waals surface area contributed by atoms with Crippen molar-refractivity contribution < 1.29 is 9.53 Å². The highest BCUT2D eigenvalue weighted by Crippen LogP contribution is 2.35. The SMILES string of the molecule is Cc1ccc(Cl)c(OCC(=O)N2CCCC3CCCCC32)c1. The summed E-state index contributed by atoms with van der Waals surface area (Å²) >= 11 is 6.13. The molecule has 3 rings (SSSR count). The Balaban J connectivity index is 1.62. The Bertz CT molecular complexity index is 544. The molecule has 1 saturated heterocycles. The first-order chi connectivity index (χ1) is 10.6. The molecule has 2 unspecified atom stereocenters. The molecule has 120 valence electrons. The Morgan fingerprint density at radius 2 is 2.05 bits per heavy atom. The van der Waals surface area contributed by atoms with Gasteiger partial charge in [-0.15, -0.1) is 0 Å². The lowest BCUT2D eigenvalue weighted by Crippen LogP contribution is -2.51. The topological polar surface area (TPSA) is 29.5 Å². The number of nitrogens with zero attached hydrogens (tertiary/aromatic N) is 1. The molecule has 1 aromatic carbocycles. The van der Waals surface area contributed by atoms with Crippen LogP contribution in [0.15, 0.2) is 18.2 Å². The lowest BCUT2D eigenvalue weighted by atomic mass is 9.78. The number of hydrogen-bond donors (Lipinski definition) is 0. The van der Waals surface area contributed by atoms with Crippen molar-refractivity contribution >= 4 is 17.5 Å². The van der Waals surface area contributed by atoms with Crippen molar-refractivity contribution in [2.75, 3.05) is 13.2 Å². The lowest BCUT2D eigenvalue weighted by Gasteiger charge is -2.44. The molecule has 3 nitrogen and oxygen atoms in total. The first kappa shape index (κ1) is 15.7. The van der Waals surface area contributed by atoms with Crippen LogP contribution in [0.1, 0.15) is 44.1 Å². The fourth-order valence-corrected chi connectivity index (χ4v) is 4.05. The van der Waals surface area contributed by atoms with Crippen molar-refractivity contribution in [3.8, 4) is 5.75 Å². The van der Waals surface area contributed by atoms with Gasteiger partial charge in [-0.25, -0.2) is 0 Å². The fourth-order valence-electron chi connectivity index (χ4n) is 3.88. The van der Waals surface area contributed by atoms with Gasteiger partial charge < -0.3 is 9.64 Å². The minimum atomic E-state index is 0.0897. The third-order valence-electron chi connectivity index (χ3n) is 5.00. The summed E-state index contributed by atoms with van der Waals surface area (Å²) in [6.07, 6.45) is 7.39. The summed E-state index contributed by atoms with van der Waals surface area (Å²) in [4.78, 5) is 14.6. The van der Waals surface area contributed by atoms with Crippen LogP contribution >= 0.6 is 11.6 Å². The van der Waals surface area contributed by atoms with E-state index in [4.69, 9.17) is 16.3 Å². The summed E-state index contributed by atoms with van der Waals surface area (Å²) in [5.74, 6) is 1.41. The van der Waals surface area contributed by atoms with Gasteiger partial charge in [0.1, 0.15) is 5.75 Å². The average Bonchev–Trinajstić information content (AvgIpc) is 2.55. The van der Waals surface area contributed by atoms with E-state index in [1.807, 2.05) is 25.1 Å². The molecule has 1 saturated carbocycles. The molecule has 2 aliphatic rings. The quantitative estimate of drug-likeness (QED) is 0.834. The highest BCUT2D eigenvalue weighted by molar-refractivity contribution is 6.32. The molecule has 0 spiro atoms. The van der Waals surface area contributed by atoms with Crippen molar-refractivity contribution in [3.05, 3.63) is 28.8 Å². The standard InChI is InChI=1S/C18H24ClNO2/c1-13-8-9-15(19)17(11-13)22-12-18(21)20-10-4-6-14-5-2-3-7-16(14)20/h8-9,11,14,16H,2-7,10,12H2,1H3. The molecular weight excluding hydrogens is 298 g/mol. The Morgan fingerprint density at radius 1 is 1.27 bits per heavy atom. The van der Waals surface area contributed by atoms with Crippen molar-refractivity contribution in [3.63, 3.8) is 0 Å². The molecule has 22 heavy (non-hydrogen) atoms. The largest absolute Gasteiger partial charge is 0.482 e. The Labute approximate surface area is 137 Å². The van der Waals surface area contributed by atoms with Crippen LogP contribution in [0.2, 0.25) is 5.02 Å². The van der Waals surface area contributed by atoms with Crippen LogP contribution < -0.4 is 4.74 Å². The second-order valence-electron chi connectivity index (χ2n) is 6.56. The van der Waals surface area contributed by atoms with Crippen LogP contribution in [0.5, 0.6) is 5.75 Å². The molecule has 0 bridgehead atoms. The molecule has 0 radical (unpaired) electrons. The van der Waals surface area contributed by atoms with Crippen LogP contribution in [-0.4, -0.2) is 30.0 Å². The number of benzene rings is 1. The van der Waals surface area contributed by atoms with E-state index in [1.54, 1.807) is 0 Å². The monoisotopic (exact) mass is 321 g/mol. The number of ether oxygens (including phenoxy) is 1. The number of amides is 1. The molecule has 1 amide bonds. The summed E-state index contributed by atoms with van der Waals surface area (Å²) < 4.78 is 5.69. The molecule has 1 aliphatic carbocycles. The minimum absolute atomic E-state index is 0.0897. The molecule has 0 N–H and O–H groups in total. The number of fused-ring (bicyclic) bond motifs is 1. The van der Waals surface area contributed by atoms with E-state index in [1.165, 1.54) is 25.7 Å². The summed E-state index contributed by atoms with van der Waals surface area (Å²) in [6, 6.07) is 6.07. The van der Waals surface area contributed by atoms with Gasteiger partial charge in [0.25, 0.3) is 5.91 Å². The third kappa shape index (κ3) is 3.40. The maximum absolute atomic E-state index is 12.6. The second-order valence-corrected chi connectivity index (χ2v) is 6.97. The highest BCUT2D eigenvalue weighted by atomic mass is 35.5. The first-order valence-corrected chi connectivity index (χ1v) is 8.71. The molecule has 2 fully saturated rings. The van der Waals surface area contributed by atoms with Gasteiger partial charge in [-0.2, -0.15) is 0 Å². The fraction of sp³-hybridized carbons (Fsp3) is 0.611. The van der Waals surface area contributed by atoms with Gasteiger partial charge in [0, 0.05) is 12.6 Å². The highest BCUT2D eigenvalue weighted by Gasteiger charge is 2.35. The number of rotatable bonds is 3. The van der Waals surface area contributed by atoms with Gasteiger partial charge in [0.2, 0.25) is 0 Å². The maximum Gasteiger partial charge on any atom is 0.260 e. The van der Waals surface area contributed by atoms with Crippen molar-refractivity contribution in [2.45, 2.75) is 51.5 Å². The Hall–Kier alpha value is -1.22. The molecule has 4 heteroatoms. The number of aryl methyl sites for hydroxylation is 1. The van der Waals surface area contributed by atoms with Gasteiger partial charge in [0.15, 0.2) is 6.61 Å². The Kier molecular flexibility index (Phi) is 4.92. The van der Waals surface area contributed by atoms with Crippen LogP contribution in [0.25, 0.3) is 0 Å². The maximum atomic E-state index is 12.6. The molecule has 1 heterocycles. The summed E-state index contributed by atoms with van der Waals surface area (Å²) in [7, 11) is 0. The van der Waals surface area contributed by atoms with Gasteiger partial charge in [-0.1, -0.05) is 30.5 Å². The molecule has 0 aromatic heterocycles. The van der Waals surface area contributed by atoms with Crippen LogP contribution in [0.4, 0.5) is 0 Å². The van der Waals surface area contributed by atoms with Crippen LogP contribution in [0.3, 0.4) is 0 Å². The van der Waals surface area contributed by atoms with E-state index < -0.39 is 0 Å². The zero-order valence-corrected chi connectivity index (χ0v) is 13.9. The van der Waals surface area contributed by atoms with E-state index in [2.05, 4.69) is 4.90 Å². The number of halogens is 1. The second kappa shape index (κ2) is 6.91. The number of likely N-dealkylation sites (tertiary alicyclic amines) is 1. The number of hydrogen-bond acceptors (Lipinski definition) is 2. The average molecular weight is 322 g/mol. The lowest BCUT2D eigenvalue weighted by molar-refractivity contribution is -0.139. The van der Waals surface area contributed by atoms with E-state index in [0.717, 1.165) is 24.9 Å². The smallest absolute Gasteiger partial charge is 0.260 e. The van der Waals surface area contributed by atoms with Gasteiger partial charge in [0.05, 0.1) is 5.02 Å². The van der Waals surface area contributed by atoms with Gasteiger partial charge in [-0.05, 0) is 56.2 Å². The molecular formula is C18H24ClNO2. The Morgan fingerprint density at radius 3 is 2.91 bits per heavy atom. The minimum Gasteiger partial charge on any atom is -0.482 e. The summed E-state index contributed by atoms with van der Waals surface area (Å²) in [6.45, 7) is 2.96. The van der Waals surface area contributed by atoms with E-state index in [-0.39, 0.29) is 12.5 Å². The molecule has 2 atom stereocenters. The summed E-state index contributed by atoms with van der Waals surface area (Å²) in [5.41, 5.74) is 1.08. The van der Waals surface area contributed by atoms with Crippen molar-refractivity contribution in [1.82, 2.24) is 4.90 Å². The predicted molar refractivity (Wildman–Crippen MR) is 88.4 cm³/mol. The third-order valence-corrected chi connectivity index (χ3v) is 5.31. The van der Waals surface area contributed by atoms with Crippen molar-refractivity contribution in [2.24, 2.45) is 5.92 Å². The van der Waals surface area contributed by atoms with Crippen molar-refractivity contribution in [1.29, 1.82) is 0 Å². The van der Waals surface area contributed by atoms with E-state index in [9.17, 15) is 4.79 Å². The normalized spacial score (nSPS) is 24.7. The van der Waals surface area contributed by atoms with Gasteiger partial charge in [-0.3, -0.25) is 4.79 Å². The van der Waals surface area contributed by atoms with Gasteiger partial charge >= 0.3 is 0 Å². The first-order valence-electron chi connectivity index (χ1n) is 8.33. The van der Waals surface area contributed by atoms with Crippen LogP contribution in [-0.2, 0) is 4.79 Å². The van der Waals surface area contributed by atoms with E-state index >= 15 is 0 Å². The zero-order valence-electron chi connectivity index (χ0n) is 13.2. The molecule has 1 aromatic rings. The number of carbonyl (C=O) groups excluding carboxylic acids is 1. The summed E-state index contributed by atoms with van der Waals surface area (Å²) in [5, 5.41) is 0.563. The van der Waals surface area contributed by atoms with E-state index in [0.29, 0.717) is 22.7 Å². The zero-order chi connectivity index (χ0) is 15.5.